The molecule has 0 bridgehead atoms. The van der Waals surface area contributed by atoms with Gasteiger partial charge in [-0.25, -0.2) is 9.37 Å². The van der Waals surface area contributed by atoms with Gasteiger partial charge in [-0.15, -0.1) is 0 Å². The molecule has 2 aromatic carbocycles. The van der Waals surface area contributed by atoms with E-state index in [1.807, 2.05) is 12.1 Å². The molecule has 1 aromatic heterocycles. The average molecular weight is 635 g/mol. The van der Waals surface area contributed by atoms with Crippen molar-refractivity contribution in [1.82, 2.24) is 19.8 Å². The molecule has 3 fully saturated rings. The lowest BCUT2D eigenvalue weighted by Crippen LogP contribution is -2.54. The van der Waals surface area contributed by atoms with E-state index in [4.69, 9.17) is 10.5 Å². The first kappa shape index (κ1) is 31.0. The molecular weight excluding hydrogens is 596 g/mol. The van der Waals surface area contributed by atoms with Crippen LogP contribution in [0.2, 0.25) is 0 Å². The zero-order valence-electron chi connectivity index (χ0n) is 24.5. The Balaban J connectivity index is 0.973. The fourth-order valence-corrected chi connectivity index (χ4v) is 7.54. The van der Waals surface area contributed by atoms with Crippen molar-refractivity contribution < 1.29 is 22.3 Å². The number of piperidine rings is 1. The van der Waals surface area contributed by atoms with Gasteiger partial charge in [0.2, 0.25) is 0 Å². The summed E-state index contributed by atoms with van der Waals surface area (Å²) in [6.07, 6.45) is -0.860. The van der Waals surface area contributed by atoms with Crippen LogP contribution in [-0.4, -0.2) is 89.7 Å². The molecule has 3 N–H and O–H groups in total. The topological polar surface area (TPSA) is 90.7 Å². The Morgan fingerprint density at radius 3 is 2.41 bits per heavy atom. The molecule has 0 amide bonds. The van der Waals surface area contributed by atoms with E-state index in [9.17, 15) is 22.4 Å². The number of nitrogen functional groups attached to an aromatic ring is 1. The highest BCUT2D eigenvalue weighted by atomic mass is 32.2. The highest BCUT2D eigenvalue weighted by molar-refractivity contribution is 7.99. The highest BCUT2D eigenvalue weighted by Gasteiger charge is 2.36. The summed E-state index contributed by atoms with van der Waals surface area (Å²) in [6, 6.07) is 11.4. The van der Waals surface area contributed by atoms with E-state index >= 15 is 0 Å². The van der Waals surface area contributed by atoms with E-state index in [0.29, 0.717) is 61.8 Å². The van der Waals surface area contributed by atoms with Gasteiger partial charge < -0.3 is 20.4 Å². The van der Waals surface area contributed by atoms with E-state index in [1.54, 1.807) is 17.8 Å². The van der Waals surface area contributed by atoms with E-state index in [2.05, 4.69) is 31.9 Å². The largest absolute Gasteiger partial charge is 0.493 e. The van der Waals surface area contributed by atoms with Crippen molar-refractivity contribution in [2.45, 2.75) is 48.9 Å². The summed E-state index contributed by atoms with van der Waals surface area (Å²) in [5.41, 5.74) is 7.48. The molecule has 1 saturated carbocycles. The molecule has 2 saturated heterocycles. The van der Waals surface area contributed by atoms with Crippen molar-refractivity contribution in [3.8, 4) is 5.75 Å². The molecule has 0 spiro atoms. The lowest BCUT2D eigenvalue weighted by atomic mass is 9.79. The van der Waals surface area contributed by atoms with Crippen LogP contribution in [0.5, 0.6) is 5.75 Å². The Kier molecular flexibility index (Phi) is 9.25. The minimum Gasteiger partial charge on any atom is -0.493 e. The van der Waals surface area contributed by atoms with Gasteiger partial charge in [-0.3, -0.25) is 14.6 Å². The quantitative estimate of drug-likeness (QED) is 0.254. The number of fused-ring (bicyclic) bond motifs is 1. The predicted molar refractivity (Wildman–Crippen MR) is 166 cm³/mol. The number of likely N-dealkylation sites (tertiary alicyclic amines) is 1. The fraction of sp³-hybridized carbons (Fsp3) is 0.548. The molecule has 44 heavy (non-hydrogen) atoms. The van der Waals surface area contributed by atoms with Crippen LogP contribution in [0.4, 0.5) is 28.9 Å². The number of H-pyrrole nitrogens is 1. The van der Waals surface area contributed by atoms with Crippen molar-refractivity contribution in [3.63, 3.8) is 0 Å². The summed E-state index contributed by atoms with van der Waals surface area (Å²) < 4.78 is 58.9. The van der Waals surface area contributed by atoms with E-state index in [0.717, 1.165) is 44.7 Å². The number of aromatic nitrogens is 2. The highest BCUT2D eigenvalue weighted by Crippen LogP contribution is 2.34. The number of ether oxygens (including phenoxy) is 1. The fourth-order valence-electron chi connectivity index (χ4n) is 6.46. The number of nitrogens with one attached hydrogen (secondary N) is 1. The maximum atomic E-state index is 14.9. The number of thioether (sulfide) groups is 1. The van der Waals surface area contributed by atoms with Crippen LogP contribution in [0.15, 0.2) is 41.2 Å². The van der Waals surface area contributed by atoms with Crippen LogP contribution in [0.25, 0.3) is 10.9 Å². The van der Waals surface area contributed by atoms with Gasteiger partial charge in [-0.1, -0.05) is 0 Å². The van der Waals surface area contributed by atoms with E-state index < -0.39 is 24.1 Å². The molecule has 6 rings (SSSR count). The van der Waals surface area contributed by atoms with E-state index in [1.165, 1.54) is 16.7 Å². The van der Waals surface area contributed by atoms with Crippen molar-refractivity contribution in [2.24, 2.45) is 5.92 Å². The molecule has 0 atom stereocenters. The first-order valence-electron chi connectivity index (χ1n) is 15.2. The van der Waals surface area contributed by atoms with Crippen LogP contribution in [0, 0.1) is 11.7 Å². The van der Waals surface area contributed by atoms with Crippen LogP contribution in [-0.2, 0) is 5.75 Å². The van der Waals surface area contributed by atoms with E-state index in [-0.39, 0.29) is 16.2 Å². The number of anilines is 2. The standard InChI is InChI=1S/C31H38F4N6O2S/c32-26-15-24(43-17-20-13-23(14-20)41-11-9-40(10-12-41)22-3-1-21(36)2-4-22)16-27-29(26)30(42)38-28(37-27)18-44-25-5-7-39(8-6-25)19-31(33,34)35/h1-4,15-16,20,23,25H,5-14,17-19,36H2,(H,37,38,42)/t20-,23+. The number of hydrogen-bond acceptors (Lipinski definition) is 8. The maximum Gasteiger partial charge on any atom is 0.401 e. The number of nitrogens with two attached hydrogens (primary N) is 1. The summed E-state index contributed by atoms with van der Waals surface area (Å²) >= 11 is 1.56. The number of alkyl halides is 3. The first-order chi connectivity index (χ1) is 21.1. The summed E-state index contributed by atoms with van der Waals surface area (Å²) in [6.45, 7) is 4.34. The molecule has 13 heteroatoms. The van der Waals surface area contributed by atoms with Crippen LogP contribution >= 0.6 is 11.8 Å². The SMILES string of the molecule is Nc1ccc(N2CCN([C@H]3C[C@@H](COc4cc(F)c5c(=O)[nH]c(CSC6CCN(CC(F)(F)F)CC6)nc5c4)C3)CC2)cc1. The second kappa shape index (κ2) is 13.1. The minimum atomic E-state index is -4.19. The van der Waals surface area contributed by atoms with Gasteiger partial charge in [0.25, 0.3) is 5.56 Å². The normalized spacial score (nSPS) is 22.3. The summed E-state index contributed by atoms with van der Waals surface area (Å²) in [5, 5.41) is 0.0687. The Bertz CT molecular complexity index is 1480. The number of hydrogen-bond donors (Lipinski definition) is 2. The van der Waals surface area contributed by atoms with Crippen LogP contribution in [0.1, 0.15) is 31.5 Å². The second-order valence-electron chi connectivity index (χ2n) is 12.1. The lowest BCUT2D eigenvalue weighted by Gasteiger charge is -2.46. The molecule has 8 nitrogen and oxygen atoms in total. The van der Waals surface area contributed by atoms with Gasteiger partial charge in [-0.2, -0.15) is 24.9 Å². The van der Waals surface area contributed by atoms with Crippen molar-refractivity contribution in [1.29, 1.82) is 0 Å². The zero-order chi connectivity index (χ0) is 30.8. The molecule has 238 valence electrons. The zero-order valence-corrected chi connectivity index (χ0v) is 25.3. The predicted octanol–water partition coefficient (Wildman–Crippen LogP) is 4.88. The molecule has 3 heterocycles. The molecule has 1 aliphatic carbocycles. The number of rotatable bonds is 9. The number of aromatic amines is 1. The molecular formula is C31H38F4N6O2S. The Morgan fingerprint density at radius 2 is 1.73 bits per heavy atom. The third kappa shape index (κ3) is 7.60. The summed E-state index contributed by atoms with van der Waals surface area (Å²) in [4.78, 5) is 26.2. The van der Waals surface area contributed by atoms with Gasteiger partial charge in [0.1, 0.15) is 22.8 Å². The van der Waals surface area contributed by atoms with Gasteiger partial charge in [-0.05, 0) is 69.0 Å². The van der Waals surface area contributed by atoms with Gasteiger partial charge >= 0.3 is 6.18 Å². The molecule has 3 aromatic rings. The first-order valence-corrected chi connectivity index (χ1v) is 16.2. The van der Waals surface area contributed by atoms with Gasteiger partial charge in [0, 0.05) is 61.0 Å². The third-order valence-electron chi connectivity index (χ3n) is 8.96. The van der Waals surface area contributed by atoms with Crippen LogP contribution < -0.4 is 20.9 Å². The maximum absolute atomic E-state index is 14.9. The Morgan fingerprint density at radius 1 is 1.02 bits per heavy atom. The molecule has 3 aliphatic rings. The number of nitrogens with zero attached hydrogens (tertiary/aromatic N) is 4. The summed E-state index contributed by atoms with van der Waals surface area (Å²) in [7, 11) is 0. The van der Waals surface area contributed by atoms with Crippen molar-refractivity contribution in [3.05, 3.63) is 58.4 Å². The number of piperazine rings is 1. The van der Waals surface area contributed by atoms with Crippen molar-refractivity contribution >= 4 is 34.0 Å². The number of benzene rings is 2. The van der Waals surface area contributed by atoms with Gasteiger partial charge in [0.05, 0.1) is 24.4 Å². The smallest absolute Gasteiger partial charge is 0.401 e. The minimum absolute atomic E-state index is 0.103. The Hall–Kier alpha value is -3.03. The number of halogens is 4. The average Bonchev–Trinajstić information content (AvgIpc) is 2.95. The van der Waals surface area contributed by atoms with Crippen LogP contribution in [0.3, 0.4) is 0 Å². The van der Waals surface area contributed by atoms with Gasteiger partial charge in [0.15, 0.2) is 0 Å². The third-order valence-corrected chi connectivity index (χ3v) is 10.3. The molecule has 0 radical (unpaired) electrons. The second-order valence-corrected chi connectivity index (χ2v) is 13.4. The monoisotopic (exact) mass is 634 g/mol. The van der Waals surface area contributed by atoms with Crippen molar-refractivity contribution in [2.75, 3.05) is 63.1 Å². The summed E-state index contributed by atoms with van der Waals surface area (Å²) in [5.74, 6) is 0.868. The lowest BCUT2D eigenvalue weighted by molar-refractivity contribution is -0.147. The molecule has 0 unspecified atom stereocenters. The Labute approximate surface area is 257 Å². The molecule has 2 aliphatic heterocycles.